The fourth-order valence-corrected chi connectivity index (χ4v) is 2.18. The van der Waals surface area contributed by atoms with E-state index in [-0.39, 0.29) is 5.91 Å². The first kappa shape index (κ1) is 13.8. The van der Waals surface area contributed by atoms with Crippen molar-refractivity contribution in [2.45, 2.75) is 19.9 Å². The average Bonchev–Trinajstić information content (AvgIpc) is 2.90. The van der Waals surface area contributed by atoms with Crippen LogP contribution >= 0.6 is 15.9 Å². The molecule has 4 nitrogen and oxygen atoms in total. The van der Waals surface area contributed by atoms with Crippen molar-refractivity contribution in [3.63, 3.8) is 0 Å². The Morgan fingerprint density at radius 2 is 2.32 bits per heavy atom. The summed E-state index contributed by atoms with van der Waals surface area (Å²) in [6.45, 7) is 3.45. The average molecular weight is 322 g/mol. The molecule has 0 saturated carbocycles. The van der Waals surface area contributed by atoms with Crippen molar-refractivity contribution in [2.24, 2.45) is 0 Å². The van der Waals surface area contributed by atoms with Crippen molar-refractivity contribution in [2.75, 3.05) is 6.54 Å². The van der Waals surface area contributed by atoms with E-state index < -0.39 is 0 Å². The molecular formula is C14H16BrN3O. The molecule has 0 aliphatic rings. The van der Waals surface area contributed by atoms with Crippen LogP contribution in [0.2, 0.25) is 0 Å². The highest BCUT2D eigenvalue weighted by Crippen LogP contribution is 2.15. The topological polar surface area (TPSA) is 46.9 Å². The van der Waals surface area contributed by atoms with E-state index in [9.17, 15) is 4.79 Å². The Labute approximate surface area is 121 Å². The molecule has 0 aliphatic carbocycles. The van der Waals surface area contributed by atoms with E-state index in [0.717, 1.165) is 28.6 Å². The first-order valence-electron chi connectivity index (χ1n) is 6.17. The van der Waals surface area contributed by atoms with Crippen molar-refractivity contribution in [1.29, 1.82) is 0 Å². The molecule has 1 heterocycles. The lowest BCUT2D eigenvalue weighted by Crippen LogP contribution is -2.25. The number of halogens is 1. The molecule has 0 fully saturated rings. The summed E-state index contributed by atoms with van der Waals surface area (Å²) < 4.78 is 2.91. The lowest BCUT2D eigenvalue weighted by atomic mass is 10.1. The maximum Gasteiger partial charge on any atom is 0.251 e. The zero-order chi connectivity index (χ0) is 13.7. The van der Waals surface area contributed by atoms with Crippen molar-refractivity contribution >= 4 is 21.8 Å². The van der Waals surface area contributed by atoms with Crippen LogP contribution in [0.4, 0.5) is 0 Å². The number of aryl methyl sites for hydroxylation is 2. The van der Waals surface area contributed by atoms with Gasteiger partial charge in [0.1, 0.15) is 0 Å². The predicted molar refractivity (Wildman–Crippen MR) is 78.1 cm³/mol. The van der Waals surface area contributed by atoms with Crippen LogP contribution < -0.4 is 5.32 Å². The van der Waals surface area contributed by atoms with E-state index in [2.05, 4.69) is 26.2 Å². The third kappa shape index (κ3) is 3.92. The number of aromatic nitrogens is 2. The minimum atomic E-state index is -0.0237. The fraction of sp³-hybridized carbons (Fsp3) is 0.286. The molecule has 0 saturated heterocycles. The Balaban J connectivity index is 1.82. The van der Waals surface area contributed by atoms with E-state index in [1.165, 1.54) is 0 Å². The van der Waals surface area contributed by atoms with Gasteiger partial charge in [-0.05, 0) is 31.0 Å². The second kappa shape index (κ2) is 6.52. The minimum absolute atomic E-state index is 0.0237. The number of hydrogen-bond acceptors (Lipinski definition) is 2. The number of imidazole rings is 1. The van der Waals surface area contributed by atoms with Gasteiger partial charge >= 0.3 is 0 Å². The molecule has 1 N–H and O–H groups in total. The molecule has 0 radical (unpaired) electrons. The van der Waals surface area contributed by atoms with Gasteiger partial charge in [-0.2, -0.15) is 0 Å². The summed E-state index contributed by atoms with van der Waals surface area (Å²) in [7, 11) is 0. The van der Waals surface area contributed by atoms with Gasteiger partial charge in [-0.15, -0.1) is 0 Å². The van der Waals surface area contributed by atoms with Gasteiger partial charge in [0.15, 0.2) is 0 Å². The fourth-order valence-electron chi connectivity index (χ4n) is 1.82. The summed E-state index contributed by atoms with van der Waals surface area (Å²) in [5.74, 6) is -0.0237. The van der Waals surface area contributed by atoms with Crippen molar-refractivity contribution in [1.82, 2.24) is 14.9 Å². The van der Waals surface area contributed by atoms with Crippen molar-refractivity contribution < 1.29 is 4.79 Å². The second-order valence-corrected chi connectivity index (χ2v) is 5.28. The zero-order valence-electron chi connectivity index (χ0n) is 10.8. The Hall–Kier alpha value is -1.62. The number of nitrogens with zero attached hydrogens (tertiary/aromatic N) is 2. The van der Waals surface area contributed by atoms with Crippen LogP contribution in [0.15, 0.2) is 41.4 Å². The summed E-state index contributed by atoms with van der Waals surface area (Å²) in [6.07, 6.45) is 6.33. The highest BCUT2D eigenvalue weighted by Gasteiger charge is 2.08. The standard InChI is InChI=1S/C14H16BrN3O/c1-11-3-4-12(15)9-13(11)14(19)17-5-2-7-18-8-6-16-10-18/h3-4,6,8-10H,2,5,7H2,1H3,(H,17,19). The Bertz CT molecular complexity index is 552. The van der Waals surface area contributed by atoms with Crippen LogP contribution in [0.1, 0.15) is 22.3 Å². The number of amides is 1. The van der Waals surface area contributed by atoms with Gasteiger partial charge in [0.25, 0.3) is 5.91 Å². The van der Waals surface area contributed by atoms with Gasteiger partial charge < -0.3 is 9.88 Å². The molecular weight excluding hydrogens is 306 g/mol. The first-order valence-corrected chi connectivity index (χ1v) is 6.96. The van der Waals surface area contributed by atoms with Crippen LogP contribution in [-0.2, 0) is 6.54 Å². The highest BCUT2D eigenvalue weighted by atomic mass is 79.9. The largest absolute Gasteiger partial charge is 0.352 e. The summed E-state index contributed by atoms with van der Waals surface area (Å²) in [5, 5.41) is 2.94. The molecule has 5 heteroatoms. The number of carbonyl (C=O) groups is 1. The number of rotatable bonds is 5. The smallest absolute Gasteiger partial charge is 0.251 e. The van der Waals surface area contributed by atoms with Gasteiger partial charge in [0.2, 0.25) is 0 Å². The lowest BCUT2D eigenvalue weighted by molar-refractivity contribution is 0.0952. The monoisotopic (exact) mass is 321 g/mol. The molecule has 0 bridgehead atoms. The van der Waals surface area contributed by atoms with Crippen molar-refractivity contribution in [3.8, 4) is 0 Å². The summed E-state index contributed by atoms with van der Waals surface area (Å²) >= 11 is 3.38. The van der Waals surface area contributed by atoms with Gasteiger partial charge in [0, 0.05) is 35.5 Å². The normalized spacial score (nSPS) is 10.4. The third-order valence-electron chi connectivity index (χ3n) is 2.88. The quantitative estimate of drug-likeness (QED) is 0.861. The van der Waals surface area contributed by atoms with Crippen LogP contribution in [-0.4, -0.2) is 22.0 Å². The number of carbonyl (C=O) groups excluding carboxylic acids is 1. The number of hydrogen-bond donors (Lipinski definition) is 1. The van der Waals surface area contributed by atoms with E-state index in [0.29, 0.717) is 6.54 Å². The van der Waals surface area contributed by atoms with Crippen molar-refractivity contribution in [3.05, 3.63) is 52.5 Å². The molecule has 1 aromatic carbocycles. The molecule has 1 aromatic heterocycles. The molecule has 0 atom stereocenters. The SMILES string of the molecule is Cc1ccc(Br)cc1C(=O)NCCCn1ccnc1. The second-order valence-electron chi connectivity index (χ2n) is 4.37. The minimum Gasteiger partial charge on any atom is -0.352 e. The zero-order valence-corrected chi connectivity index (χ0v) is 12.4. The molecule has 2 aromatic rings. The molecule has 0 unspecified atom stereocenters. The van der Waals surface area contributed by atoms with E-state index >= 15 is 0 Å². The first-order chi connectivity index (χ1) is 9.16. The Morgan fingerprint density at radius 1 is 1.47 bits per heavy atom. The molecule has 0 spiro atoms. The van der Waals surface area contributed by atoms with Crippen LogP contribution in [0, 0.1) is 6.92 Å². The molecule has 100 valence electrons. The summed E-state index contributed by atoms with van der Waals surface area (Å²) in [5.41, 5.74) is 1.70. The third-order valence-corrected chi connectivity index (χ3v) is 3.38. The highest BCUT2D eigenvalue weighted by molar-refractivity contribution is 9.10. The molecule has 19 heavy (non-hydrogen) atoms. The van der Waals surface area contributed by atoms with E-state index in [4.69, 9.17) is 0 Å². The van der Waals surface area contributed by atoms with Crippen LogP contribution in [0.25, 0.3) is 0 Å². The van der Waals surface area contributed by atoms with Gasteiger partial charge in [0.05, 0.1) is 6.33 Å². The van der Waals surface area contributed by atoms with Crippen LogP contribution in [0.5, 0.6) is 0 Å². The number of benzene rings is 1. The van der Waals surface area contributed by atoms with Gasteiger partial charge in [-0.1, -0.05) is 22.0 Å². The lowest BCUT2D eigenvalue weighted by Gasteiger charge is -2.08. The Kier molecular flexibility index (Phi) is 4.74. The predicted octanol–water partition coefficient (Wildman–Crippen LogP) is 2.77. The maximum absolute atomic E-state index is 12.0. The van der Waals surface area contributed by atoms with E-state index in [1.54, 1.807) is 12.5 Å². The Morgan fingerprint density at radius 3 is 3.05 bits per heavy atom. The molecule has 1 amide bonds. The van der Waals surface area contributed by atoms with Gasteiger partial charge in [-0.3, -0.25) is 4.79 Å². The summed E-state index contributed by atoms with van der Waals surface area (Å²) in [4.78, 5) is 16.0. The summed E-state index contributed by atoms with van der Waals surface area (Å²) in [6, 6.07) is 5.72. The maximum atomic E-state index is 12.0. The molecule has 0 aliphatic heterocycles. The molecule has 2 rings (SSSR count). The van der Waals surface area contributed by atoms with Gasteiger partial charge in [-0.25, -0.2) is 4.98 Å². The van der Waals surface area contributed by atoms with E-state index in [1.807, 2.05) is 35.9 Å². The number of nitrogens with one attached hydrogen (secondary N) is 1. The van der Waals surface area contributed by atoms with Crippen LogP contribution in [0.3, 0.4) is 0 Å².